The van der Waals surface area contributed by atoms with Crippen LogP contribution in [0.3, 0.4) is 0 Å². The molecular weight excluding hydrogens is 252 g/mol. The predicted molar refractivity (Wildman–Crippen MR) is 66.6 cm³/mol. The van der Waals surface area contributed by atoms with Crippen LogP contribution >= 0.6 is 15.9 Å². The van der Waals surface area contributed by atoms with Crippen molar-refractivity contribution in [3.63, 3.8) is 0 Å². The Hall–Kier alpha value is -1.28. The number of allylic oxidation sites excluding steroid dienone is 5. The van der Waals surface area contributed by atoms with Gasteiger partial charge in [0.2, 0.25) is 0 Å². The summed E-state index contributed by atoms with van der Waals surface area (Å²) in [5, 5.41) is 9.81. The molecule has 1 aromatic rings. The van der Waals surface area contributed by atoms with Crippen molar-refractivity contribution in [2.24, 2.45) is 0 Å². The smallest absolute Gasteiger partial charge is 0.119 e. The number of benzene rings is 1. The van der Waals surface area contributed by atoms with Gasteiger partial charge in [-0.2, -0.15) is 0 Å². The third-order valence-electron chi connectivity index (χ3n) is 2.33. The molecule has 0 unspecified atom stereocenters. The van der Waals surface area contributed by atoms with Crippen LogP contribution in [0.1, 0.15) is 12.0 Å². The highest BCUT2D eigenvalue weighted by Gasteiger charge is 2.06. The largest absolute Gasteiger partial charge is 0.508 e. The highest BCUT2D eigenvalue weighted by atomic mass is 79.9. The van der Waals surface area contributed by atoms with Crippen LogP contribution in [-0.2, 0) is 0 Å². The molecule has 0 fully saturated rings. The van der Waals surface area contributed by atoms with E-state index in [2.05, 4.69) is 15.9 Å². The van der Waals surface area contributed by atoms with Crippen LogP contribution in [0.4, 0.5) is 0 Å². The summed E-state index contributed by atoms with van der Waals surface area (Å²) in [7, 11) is 0. The lowest BCUT2D eigenvalue weighted by atomic mass is 10.0. The van der Waals surface area contributed by atoms with Crippen molar-refractivity contribution in [1.82, 2.24) is 0 Å². The third-order valence-corrected chi connectivity index (χ3v) is 2.85. The van der Waals surface area contributed by atoms with Crippen molar-refractivity contribution >= 4 is 21.5 Å². The average molecular weight is 263 g/mol. The lowest BCUT2D eigenvalue weighted by Gasteiger charge is -2.06. The number of hydrogen-bond donors (Lipinski definition) is 1. The van der Waals surface area contributed by atoms with Crippen molar-refractivity contribution < 1.29 is 5.11 Å². The molecule has 0 spiro atoms. The number of halogens is 1. The molecule has 1 aromatic carbocycles. The van der Waals surface area contributed by atoms with Crippen molar-refractivity contribution in [3.8, 4) is 0 Å². The molecule has 76 valence electrons. The fourth-order valence-electron chi connectivity index (χ4n) is 1.53. The van der Waals surface area contributed by atoms with Crippen molar-refractivity contribution in [3.05, 3.63) is 64.4 Å². The fraction of sp³-hybridized carbons (Fsp3) is 0.0769. The zero-order valence-corrected chi connectivity index (χ0v) is 9.74. The zero-order chi connectivity index (χ0) is 10.7. The molecule has 1 aliphatic carbocycles. The lowest BCUT2D eigenvalue weighted by molar-refractivity contribution is 0.434. The summed E-state index contributed by atoms with van der Waals surface area (Å²) in [6, 6.07) is 7.97. The van der Waals surface area contributed by atoms with E-state index in [0.717, 1.165) is 22.0 Å². The first-order valence-corrected chi connectivity index (χ1v) is 5.58. The molecule has 0 amide bonds. The Morgan fingerprint density at radius 3 is 2.53 bits per heavy atom. The summed E-state index contributed by atoms with van der Waals surface area (Å²) in [5.74, 6) is 0.349. The Morgan fingerprint density at radius 2 is 1.80 bits per heavy atom. The number of hydrogen-bond acceptors (Lipinski definition) is 1. The number of rotatable bonds is 1. The minimum absolute atomic E-state index is 0.349. The molecule has 1 nitrogen and oxygen atoms in total. The Morgan fingerprint density at radius 1 is 1.07 bits per heavy atom. The highest BCUT2D eigenvalue weighted by molar-refractivity contribution is 9.10. The summed E-state index contributed by atoms with van der Waals surface area (Å²) < 4.78 is 1.05. The molecule has 1 N–H and O–H groups in total. The minimum Gasteiger partial charge on any atom is -0.508 e. The zero-order valence-electron chi connectivity index (χ0n) is 8.15. The SMILES string of the molecule is OC1=C(c2ccc(Br)cc2)CC=CC=C1. The Labute approximate surface area is 97.6 Å². The standard InChI is InChI=1S/C13H11BrO/c14-11-8-6-10(7-9-11)12-4-2-1-3-5-13(12)15/h1-3,5-9,15H,4H2. The van der Waals surface area contributed by atoms with Gasteiger partial charge in [0.15, 0.2) is 0 Å². The molecule has 0 atom stereocenters. The second-order valence-corrected chi connectivity index (χ2v) is 4.28. The molecule has 0 aliphatic heterocycles. The molecule has 0 saturated carbocycles. The van der Waals surface area contributed by atoms with E-state index in [1.807, 2.05) is 42.5 Å². The van der Waals surface area contributed by atoms with E-state index < -0.39 is 0 Å². The van der Waals surface area contributed by atoms with E-state index in [1.54, 1.807) is 6.08 Å². The third kappa shape index (κ3) is 2.39. The molecule has 2 rings (SSSR count). The van der Waals surface area contributed by atoms with Crippen molar-refractivity contribution in [1.29, 1.82) is 0 Å². The van der Waals surface area contributed by atoms with E-state index in [4.69, 9.17) is 0 Å². The second-order valence-electron chi connectivity index (χ2n) is 3.36. The molecule has 0 aromatic heterocycles. The monoisotopic (exact) mass is 262 g/mol. The molecular formula is C13H11BrO. The van der Waals surface area contributed by atoms with Crippen molar-refractivity contribution in [2.45, 2.75) is 6.42 Å². The van der Waals surface area contributed by atoms with E-state index >= 15 is 0 Å². The first kappa shape index (κ1) is 10.2. The van der Waals surface area contributed by atoms with Gasteiger partial charge < -0.3 is 5.11 Å². The quantitative estimate of drug-likeness (QED) is 0.803. The van der Waals surface area contributed by atoms with E-state index in [1.165, 1.54) is 0 Å². The first-order chi connectivity index (χ1) is 7.27. The topological polar surface area (TPSA) is 20.2 Å². The Balaban J connectivity index is 2.41. The molecule has 2 heteroatoms. The van der Waals surface area contributed by atoms with Gasteiger partial charge in [-0.05, 0) is 30.2 Å². The summed E-state index contributed by atoms with van der Waals surface area (Å²) in [6.07, 6.45) is 8.32. The Bertz CT molecular complexity index is 438. The molecule has 0 heterocycles. The molecule has 1 aliphatic rings. The van der Waals surface area contributed by atoms with Crippen LogP contribution in [0.2, 0.25) is 0 Å². The predicted octanol–water partition coefficient (Wildman–Crippen LogP) is 4.23. The number of aliphatic hydroxyl groups excluding tert-OH is 1. The summed E-state index contributed by atoms with van der Waals surface area (Å²) in [5.41, 5.74) is 2.03. The fourth-order valence-corrected chi connectivity index (χ4v) is 1.80. The van der Waals surface area contributed by atoms with Gasteiger partial charge in [-0.15, -0.1) is 0 Å². The van der Waals surface area contributed by atoms with Gasteiger partial charge in [0.25, 0.3) is 0 Å². The normalized spacial score (nSPS) is 15.5. The lowest BCUT2D eigenvalue weighted by Crippen LogP contribution is -1.88. The molecule has 15 heavy (non-hydrogen) atoms. The highest BCUT2D eigenvalue weighted by Crippen LogP contribution is 2.25. The summed E-state index contributed by atoms with van der Waals surface area (Å²) >= 11 is 3.39. The molecule has 0 saturated heterocycles. The van der Waals surface area contributed by atoms with Gasteiger partial charge in [0.1, 0.15) is 5.76 Å². The Kier molecular flexibility index (Phi) is 3.07. The second kappa shape index (κ2) is 4.49. The van der Waals surface area contributed by atoms with Crippen LogP contribution in [0.25, 0.3) is 5.57 Å². The first-order valence-electron chi connectivity index (χ1n) is 4.78. The van der Waals surface area contributed by atoms with Gasteiger partial charge in [-0.1, -0.05) is 46.3 Å². The molecule has 0 radical (unpaired) electrons. The molecule has 0 bridgehead atoms. The van der Waals surface area contributed by atoms with Crippen LogP contribution < -0.4 is 0 Å². The van der Waals surface area contributed by atoms with E-state index in [0.29, 0.717) is 5.76 Å². The van der Waals surface area contributed by atoms with Gasteiger partial charge in [0.05, 0.1) is 0 Å². The van der Waals surface area contributed by atoms with Gasteiger partial charge in [-0.3, -0.25) is 0 Å². The number of aliphatic hydroxyl groups is 1. The van der Waals surface area contributed by atoms with Gasteiger partial charge >= 0.3 is 0 Å². The van der Waals surface area contributed by atoms with Gasteiger partial charge in [-0.25, -0.2) is 0 Å². The van der Waals surface area contributed by atoms with Crippen molar-refractivity contribution in [2.75, 3.05) is 0 Å². The summed E-state index contributed by atoms with van der Waals surface area (Å²) in [4.78, 5) is 0. The maximum absolute atomic E-state index is 9.81. The maximum atomic E-state index is 9.81. The average Bonchev–Trinajstić information content (AvgIpc) is 2.44. The van der Waals surface area contributed by atoms with Crippen LogP contribution in [0, 0.1) is 0 Å². The van der Waals surface area contributed by atoms with Crippen LogP contribution in [-0.4, -0.2) is 5.11 Å². The van der Waals surface area contributed by atoms with Crippen LogP contribution in [0.5, 0.6) is 0 Å². The van der Waals surface area contributed by atoms with Crippen LogP contribution in [0.15, 0.2) is 58.8 Å². The van der Waals surface area contributed by atoms with Gasteiger partial charge in [0, 0.05) is 10.0 Å². The van der Waals surface area contributed by atoms with E-state index in [-0.39, 0.29) is 0 Å². The summed E-state index contributed by atoms with van der Waals surface area (Å²) in [6.45, 7) is 0. The minimum atomic E-state index is 0.349. The maximum Gasteiger partial charge on any atom is 0.119 e. The van der Waals surface area contributed by atoms with E-state index in [9.17, 15) is 5.11 Å².